The molecular weight excluding hydrogens is 222 g/mol. The van der Waals surface area contributed by atoms with E-state index in [1.807, 2.05) is 43.3 Å². The standard InChI is InChI=1S/C15H15N3/c1-12-4-2-6-14(8-12)15(9-16)18-11-13-5-3-7-17-10-13/h2-8,10,15,18H,11H2,1H3. The van der Waals surface area contributed by atoms with Crippen LogP contribution in [0.25, 0.3) is 0 Å². The van der Waals surface area contributed by atoms with Gasteiger partial charge in [0.1, 0.15) is 6.04 Å². The Bertz CT molecular complexity index is 543. The van der Waals surface area contributed by atoms with Crippen LogP contribution in [0.5, 0.6) is 0 Å². The van der Waals surface area contributed by atoms with Crippen molar-refractivity contribution >= 4 is 0 Å². The number of pyridine rings is 1. The predicted molar refractivity (Wildman–Crippen MR) is 70.6 cm³/mol. The molecule has 0 amide bonds. The van der Waals surface area contributed by atoms with Crippen LogP contribution >= 0.6 is 0 Å². The van der Waals surface area contributed by atoms with Crippen molar-refractivity contribution < 1.29 is 0 Å². The Kier molecular flexibility index (Phi) is 4.06. The molecule has 90 valence electrons. The van der Waals surface area contributed by atoms with E-state index in [0.717, 1.165) is 16.7 Å². The average molecular weight is 237 g/mol. The van der Waals surface area contributed by atoms with Crippen LogP contribution in [0.4, 0.5) is 0 Å². The molecule has 0 saturated carbocycles. The number of nitriles is 1. The Balaban J connectivity index is 2.05. The van der Waals surface area contributed by atoms with Crippen molar-refractivity contribution in [1.82, 2.24) is 10.3 Å². The van der Waals surface area contributed by atoms with Crippen molar-refractivity contribution in [2.45, 2.75) is 19.5 Å². The number of nitrogens with one attached hydrogen (secondary N) is 1. The lowest BCUT2D eigenvalue weighted by Gasteiger charge is -2.12. The van der Waals surface area contributed by atoms with Crippen molar-refractivity contribution in [3.05, 3.63) is 65.5 Å². The van der Waals surface area contributed by atoms with Crippen molar-refractivity contribution in [2.24, 2.45) is 0 Å². The summed E-state index contributed by atoms with van der Waals surface area (Å²) in [7, 11) is 0. The average Bonchev–Trinajstić information content (AvgIpc) is 2.41. The predicted octanol–water partition coefficient (Wildman–Crippen LogP) is 2.74. The van der Waals surface area contributed by atoms with Crippen LogP contribution in [0.15, 0.2) is 48.8 Å². The van der Waals surface area contributed by atoms with Crippen LogP contribution in [0.1, 0.15) is 22.7 Å². The molecule has 0 aliphatic heterocycles. The van der Waals surface area contributed by atoms with E-state index in [9.17, 15) is 5.26 Å². The summed E-state index contributed by atoms with van der Waals surface area (Å²) in [5.41, 5.74) is 3.24. The van der Waals surface area contributed by atoms with Gasteiger partial charge in [0.2, 0.25) is 0 Å². The first-order chi connectivity index (χ1) is 8.79. The van der Waals surface area contributed by atoms with Gasteiger partial charge >= 0.3 is 0 Å². The van der Waals surface area contributed by atoms with Crippen LogP contribution in [0, 0.1) is 18.3 Å². The SMILES string of the molecule is Cc1cccc(C(C#N)NCc2cccnc2)c1. The monoisotopic (exact) mass is 237 g/mol. The normalized spacial score (nSPS) is 11.8. The quantitative estimate of drug-likeness (QED) is 0.889. The zero-order chi connectivity index (χ0) is 12.8. The van der Waals surface area contributed by atoms with Gasteiger partial charge in [-0.05, 0) is 24.1 Å². The fraction of sp³-hybridized carbons (Fsp3) is 0.200. The maximum Gasteiger partial charge on any atom is 0.121 e. The smallest absolute Gasteiger partial charge is 0.121 e. The lowest BCUT2D eigenvalue weighted by atomic mass is 10.1. The molecule has 18 heavy (non-hydrogen) atoms. The molecule has 2 aromatic rings. The molecule has 0 aliphatic rings. The van der Waals surface area contributed by atoms with E-state index in [1.54, 1.807) is 12.4 Å². The molecule has 1 heterocycles. The molecule has 0 aliphatic carbocycles. The number of benzene rings is 1. The summed E-state index contributed by atoms with van der Waals surface area (Å²) in [5, 5.41) is 12.4. The van der Waals surface area contributed by atoms with Gasteiger partial charge in [0, 0.05) is 18.9 Å². The number of aromatic nitrogens is 1. The maximum absolute atomic E-state index is 9.22. The van der Waals surface area contributed by atoms with Crippen LogP contribution in [-0.2, 0) is 6.54 Å². The van der Waals surface area contributed by atoms with E-state index in [-0.39, 0.29) is 6.04 Å². The molecule has 0 bridgehead atoms. The fourth-order valence-corrected chi connectivity index (χ4v) is 1.81. The summed E-state index contributed by atoms with van der Waals surface area (Å²) in [5.74, 6) is 0. The Hall–Kier alpha value is -2.18. The molecule has 0 saturated heterocycles. The van der Waals surface area contributed by atoms with Gasteiger partial charge < -0.3 is 0 Å². The highest BCUT2D eigenvalue weighted by Gasteiger charge is 2.09. The van der Waals surface area contributed by atoms with E-state index in [1.165, 1.54) is 0 Å². The molecule has 3 nitrogen and oxygen atoms in total. The van der Waals surface area contributed by atoms with E-state index in [2.05, 4.69) is 16.4 Å². The molecule has 1 aromatic heterocycles. The summed E-state index contributed by atoms with van der Waals surface area (Å²) in [6.07, 6.45) is 3.55. The number of nitrogens with zero attached hydrogens (tertiary/aromatic N) is 2. The highest BCUT2D eigenvalue weighted by molar-refractivity contribution is 5.28. The maximum atomic E-state index is 9.22. The van der Waals surface area contributed by atoms with Crippen molar-refractivity contribution in [2.75, 3.05) is 0 Å². The van der Waals surface area contributed by atoms with Crippen LogP contribution in [0.2, 0.25) is 0 Å². The van der Waals surface area contributed by atoms with Crippen LogP contribution in [0.3, 0.4) is 0 Å². The molecule has 1 N–H and O–H groups in total. The number of rotatable bonds is 4. The lowest BCUT2D eigenvalue weighted by Crippen LogP contribution is -2.19. The lowest BCUT2D eigenvalue weighted by molar-refractivity contribution is 0.629. The first-order valence-electron chi connectivity index (χ1n) is 5.88. The number of hydrogen-bond donors (Lipinski definition) is 1. The molecule has 1 unspecified atom stereocenters. The third kappa shape index (κ3) is 3.16. The van der Waals surface area contributed by atoms with Crippen LogP contribution in [-0.4, -0.2) is 4.98 Å². The highest BCUT2D eigenvalue weighted by atomic mass is 14.9. The van der Waals surface area contributed by atoms with Crippen molar-refractivity contribution in [3.63, 3.8) is 0 Å². The van der Waals surface area contributed by atoms with Gasteiger partial charge in [-0.25, -0.2) is 0 Å². The molecular formula is C15H15N3. The van der Waals surface area contributed by atoms with Gasteiger partial charge in [-0.1, -0.05) is 35.9 Å². The Labute approximate surface area is 107 Å². The second-order valence-corrected chi connectivity index (χ2v) is 4.22. The summed E-state index contributed by atoms with van der Waals surface area (Å²) in [4.78, 5) is 4.05. The highest BCUT2D eigenvalue weighted by Crippen LogP contribution is 2.14. The minimum atomic E-state index is -0.287. The van der Waals surface area contributed by atoms with Crippen molar-refractivity contribution in [3.8, 4) is 6.07 Å². The molecule has 2 rings (SSSR count). The summed E-state index contributed by atoms with van der Waals surface area (Å²) in [6.45, 7) is 2.67. The third-order valence-electron chi connectivity index (χ3n) is 2.74. The molecule has 1 atom stereocenters. The second kappa shape index (κ2) is 5.95. The molecule has 3 heteroatoms. The first-order valence-corrected chi connectivity index (χ1v) is 5.88. The summed E-state index contributed by atoms with van der Waals surface area (Å²) < 4.78 is 0. The largest absolute Gasteiger partial charge is 0.294 e. The number of aryl methyl sites for hydroxylation is 1. The Morgan fingerprint density at radius 1 is 1.33 bits per heavy atom. The molecule has 1 aromatic carbocycles. The first kappa shape index (κ1) is 12.3. The summed E-state index contributed by atoms with van der Waals surface area (Å²) in [6, 6.07) is 13.9. The second-order valence-electron chi connectivity index (χ2n) is 4.22. The summed E-state index contributed by atoms with van der Waals surface area (Å²) >= 11 is 0. The van der Waals surface area contributed by atoms with Gasteiger partial charge in [0.05, 0.1) is 6.07 Å². The fourth-order valence-electron chi connectivity index (χ4n) is 1.81. The van der Waals surface area contributed by atoms with Gasteiger partial charge in [0.25, 0.3) is 0 Å². The minimum Gasteiger partial charge on any atom is -0.294 e. The molecule has 0 spiro atoms. The van der Waals surface area contributed by atoms with Crippen LogP contribution < -0.4 is 5.32 Å². The van der Waals surface area contributed by atoms with Gasteiger partial charge in [-0.15, -0.1) is 0 Å². The van der Waals surface area contributed by atoms with E-state index < -0.39 is 0 Å². The van der Waals surface area contributed by atoms with Gasteiger partial charge in [-0.3, -0.25) is 10.3 Å². The van der Waals surface area contributed by atoms with E-state index in [4.69, 9.17) is 0 Å². The zero-order valence-corrected chi connectivity index (χ0v) is 10.3. The van der Waals surface area contributed by atoms with E-state index >= 15 is 0 Å². The van der Waals surface area contributed by atoms with E-state index in [0.29, 0.717) is 6.54 Å². The third-order valence-corrected chi connectivity index (χ3v) is 2.74. The zero-order valence-electron chi connectivity index (χ0n) is 10.3. The topological polar surface area (TPSA) is 48.7 Å². The Morgan fingerprint density at radius 3 is 2.89 bits per heavy atom. The van der Waals surface area contributed by atoms with Gasteiger partial charge in [0.15, 0.2) is 0 Å². The van der Waals surface area contributed by atoms with Gasteiger partial charge in [-0.2, -0.15) is 5.26 Å². The molecule has 0 radical (unpaired) electrons. The minimum absolute atomic E-state index is 0.287. The Morgan fingerprint density at radius 2 is 2.22 bits per heavy atom. The van der Waals surface area contributed by atoms with Crippen molar-refractivity contribution in [1.29, 1.82) is 5.26 Å². The molecule has 0 fully saturated rings. The number of hydrogen-bond acceptors (Lipinski definition) is 3.